The molecule has 1 unspecified atom stereocenters. The summed E-state index contributed by atoms with van der Waals surface area (Å²) in [6.07, 6.45) is 3.76. The van der Waals surface area contributed by atoms with Crippen molar-refractivity contribution in [3.05, 3.63) is 69.7 Å². The Kier molecular flexibility index (Phi) is 7.39. The molecule has 0 aliphatic carbocycles. The highest BCUT2D eigenvalue weighted by Gasteiger charge is 2.49. The predicted molar refractivity (Wildman–Crippen MR) is 133 cm³/mol. The molecule has 2 aromatic rings. The summed E-state index contributed by atoms with van der Waals surface area (Å²) in [6, 6.07) is 16.7. The average Bonchev–Trinajstić information content (AvgIpc) is 3.34. The molecule has 4 nitrogen and oxygen atoms in total. The van der Waals surface area contributed by atoms with E-state index in [-0.39, 0.29) is 17.9 Å². The standard InChI is InChI=1S/C27H32Cl2N2O2/c28-21-12-20(13-22(29)15-21)14-26(32)23-8-11-31(16-19-6-2-1-3-7-19)25-18-33-17-24(27(23)25)30-9-4-5-10-30/h1-3,6-7,12-13,15,23-25,27H,4-5,8-11,14,16-18H2/t23?,24-,25+,27+/m0/s1. The Labute approximate surface area is 206 Å². The van der Waals surface area contributed by atoms with E-state index >= 15 is 0 Å². The summed E-state index contributed by atoms with van der Waals surface area (Å²) >= 11 is 12.4. The monoisotopic (exact) mass is 486 g/mol. The van der Waals surface area contributed by atoms with Crippen LogP contribution in [0.2, 0.25) is 10.0 Å². The van der Waals surface area contributed by atoms with Crippen molar-refractivity contribution >= 4 is 29.0 Å². The van der Waals surface area contributed by atoms with Crippen LogP contribution in [0.1, 0.15) is 30.4 Å². The van der Waals surface area contributed by atoms with Gasteiger partial charge in [-0.15, -0.1) is 0 Å². The molecule has 3 saturated heterocycles. The number of hydrogen-bond donors (Lipinski definition) is 0. The third kappa shape index (κ3) is 5.31. The summed E-state index contributed by atoms with van der Waals surface area (Å²) in [6.45, 7) is 5.48. The van der Waals surface area contributed by atoms with Crippen molar-refractivity contribution in [2.75, 3.05) is 32.8 Å². The van der Waals surface area contributed by atoms with Crippen LogP contribution in [0.5, 0.6) is 0 Å². The van der Waals surface area contributed by atoms with Gasteiger partial charge in [-0.05, 0) is 68.2 Å². The van der Waals surface area contributed by atoms with Gasteiger partial charge in [-0.1, -0.05) is 53.5 Å². The molecular formula is C27H32Cl2N2O2. The molecule has 0 bridgehead atoms. The summed E-state index contributed by atoms with van der Waals surface area (Å²) in [5.74, 6) is 0.638. The number of ketones is 1. The SMILES string of the molecule is O=C(Cc1cc(Cl)cc(Cl)c1)C1CCN(Cc2ccccc2)[C@@H]2COC[C@H](N3CCCC3)[C@@H]12. The number of rotatable bonds is 6. The molecule has 3 aliphatic heterocycles. The number of benzene rings is 2. The largest absolute Gasteiger partial charge is 0.378 e. The summed E-state index contributed by atoms with van der Waals surface area (Å²) in [5, 5.41) is 1.17. The molecule has 5 rings (SSSR count). The van der Waals surface area contributed by atoms with E-state index in [0.717, 1.165) is 44.8 Å². The first-order valence-electron chi connectivity index (χ1n) is 12.2. The normalized spacial score (nSPS) is 28.5. The molecule has 4 atom stereocenters. The second kappa shape index (κ2) is 10.5. The molecule has 33 heavy (non-hydrogen) atoms. The van der Waals surface area contributed by atoms with E-state index in [9.17, 15) is 4.79 Å². The second-order valence-corrected chi connectivity index (χ2v) is 10.6. The molecule has 0 radical (unpaired) electrons. The van der Waals surface area contributed by atoms with Crippen molar-refractivity contribution in [1.29, 1.82) is 0 Å². The lowest BCUT2D eigenvalue weighted by atomic mass is 9.71. The van der Waals surface area contributed by atoms with Crippen molar-refractivity contribution in [2.24, 2.45) is 11.8 Å². The van der Waals surface area contributed by atoms with Crippen LogP contribution >= 0.6 is 23.2 Å². The lowest BCUT2D eigenvalue weighted by molar-refractivity contribution is -0.141. The van der Waals surface area contributed by atoms with Gasteiger partial charge in [0.25, 0.3) is 0 Å². The first kappa shape index (κ1) is 23.3. The zero-order valence-electron chi connectivity index (χ0n) is 19.0. The Balaban J connectivity index is 1.40. The third-order valence-electron chi connectivity index (χ3n) is 7.68. The van der Waals surface area contributed by atoms with Gasteiger partial charge < -0.3 is 4.74 Å². The summed E-state index contributed by atoms with van der Waals surface area (Å²) < 4.78 is 6.18. The van der Waals surface area contributed by atoms with E-state index in [1.165, 1.54) is 18.4 Å². The molecule has 2 aromatic carbocycles. The zero-order chi connectivity index (χ0) is 22.8. The minimum Gasteiger partial charge on any atom is -0.378 e. The number of nitrogens with zero attached hydrogens (tertiary/aromatic N) is 2. The fourth-order valence-electron chi connectivity index (χ4n) is 6.19. The van der Waals surface area contributed by atoms with Gasteiger partial charge in [0.15, 0.2) is 0 Å². The van der Waals surface area contributed by atoms with Crippen LogP contribution in [0.25, 0.3) is 0 Å². The van der Waals surface area contributed by atoms with Gasteiger partial charge in [-0.2, -0.15) is 0 Å². The maximum absolute atomic E-state index is 13.7. The highest BCUT2D eigenvalue weighted by molar-refractivity contribution is 6.34. The van der Waals surface area contributed by atoms with E-state index in [0.29, 0.717) is 34.9 Å². The van der Waals surface area contributed by atoms with Crippen molar-refractivity contribution in [2.45, 2.75) is 44.3 Å². The predicted octanol–water partition coefficient (Wildman–Crippen LogP) is 5.11. The highest BCUT2D eigenvalue weighted by Crippen LogP contribution is 2.39. The third-order valence-corrected chi connectivity index (χ3v) is 8.12. The molecule has 176 valence electrons. The van der Waals surface area contributed by atoms with E-state index in [2.05, 4.69) is 40.1 Å². The molecule has 0 amide bonds. The first-order chi connectivity index (χ1) is 16.1. The Morgan fingerprint density at radius 1 is 0.909 bits per heavy atom. The van der Waals surface area contributed by atoms with Gasteiger partial charge in [0.2, 0.25) is 0 Å². The molecule has 3 fully saturated rings. The van der Waals surface area contributed by atoms with Crippen LogP contribution in [0.3, 0.4) is 0 Å². The lowest BCUT2D eigenvalue weighted by Crippen LogP contribution is -2.63. The minimum atomic E-state index is 0.0364. The number of hydrogen-bond acceptors (Lipinski definition) is 4. The quantitative estimate of drug-likeness (QED) is 0.567. The van der Waals surface area contributed by atoms with Gasteiger partial charge in [-0.3, -0.25) is 14.6 Å². The lowest BCUT2D eigenvalue weighted by Gasteiger charge is -2.52. The number of fused-ring (bicyclic) bond motifs is 1. The van der Waals surface area contributed by atoms with Crippen molar-refractivity contribution < 1.29 is 9.53 Å². The Bertz CT molecular complexity index is 944. The average molecular weight is 487 g/mol. The van der Waals surface area contributed by atoms with Crippen molar-refractivity contribution in [3.8, 4) is 0 Å². The number of likely N-dealkylation sites (tertiary alicyclic amines) is 2. The first-order valence-corrected chi connectivity index (χ1v) is 12.9. The minimum absolute atomic E-state index is 0.0364. The number of ether oxygens (including phenoxy) is 1. The van der Waals surface area contributed by atoms with Gasteiger partial charge in [-0.25, -0.2) is 0 Å². The molecule has 0 N–H and O–H groups in total. The van der Waals surface area contributed by atoms with Crippen LogP contribution < -0.4 is 0 Å². The number of halogens is 2. The fourth-order valence-corrected chi connectivity index (χ4v) is 6.77. The molecule has 3 heterocycles. The second-order valence-electron chi connectivity index (χ2n) is 9.76. The van der Waals surface area contributed by atoms with Gasteiger partial charge in [0, 0.05) is 46.9 Å². The zero-order valence-corrected chi connectivity index (χ0v) is 20.5. The molecule has 6 heteroatoms. The maximum Gasteiger partial charge on any atom is 0.140 e. The fraction of sp³-hybridized carbons (Fsp3) is 0.519. The smallest absolute Gasteiger partial charge is 0.140 e. The Morgan fingerprint density at radius 2 is 1.61 bits per heavy atom. The highest BCUT2D eigenvalue weighted by atomic mass is 35.5. The number of piperidine rings is 1. The van der Waals surface area contributed by atoms with Crippen LogP contribution in [0.15, 0.2) is 48.5 Å². The van der Waals surface area contributed by atoms with Gasteiger partial charge in [0.05, 0.1) is 13.2 Å². The number of carbonyl (C=O) groups is 1. The van der Waals surface area contributed by atoms with Gasteiger partial charge in [0.1, 0.15) is 5.78 Å². The van der Waals surface area contributed by atoms with E-state index in [4.69, 9.17) is 27.9 Å². The topological polar surface area (TPSA) is 32.8 Å². The molecule has 0 saturated carbocycles. The number of Topliss-reactive ketones (excluding diaryl/α,β-unsaturated/α-hetero) is 1. The Hall–Kier alpha value is -1.43. The van der Waals surface area contributed by atoms with E-state index in [1.807, 2.05) is 12.1 Å². The van der Waals surface area contributed by atoms with Crippen LogP contribution in [-0.4, -0.2) is 60.5 Å². The Morgan fingerprint density at radius 3 is 2.33 bits per heavy atom. The van der Waals surface area contributed by atoms with Crippen molar-refractivity contribution in [1.82, 2.24) is 9.80 Å². The van der Waals surface area contributed by atoms with Crippen LogP contribution in [0, 0.1) is 11.8 Å². The van der Waals surface area contributed by atoms with E-state index < -0.39 is 0 Å². The van der Waals surface area contributed by atoms with Crippen molar-refractivity contribution in [3.63, 3.8) is 0 Å². The molecule has 3 aliphatic rings. The molecular weight excluding hydrogens is 455 g/mol. The summed E-state index contributed by atoms with van der Waals surface area (Å²) in [4.78, 5) is 18.8. The summed E-state index contributed by atoms with van der Waals surface area (Å²) in [7, 11) is 0. The van der Waals surface area contributed by atoms with Crippen LogP contribution in [0.4, 0.5) is 0 Å². The molecule has 0 spiro atoms. The van der Waals surface area contributed by atoms with E-state index in [1.54, 1.807) is 6.07 Å². The van der Waals surface area contributed by atoms with Gasteiger partial charge >= 0.3 is 0 Å². The summed E-state index contributed by atoms with van der Waals surface area (Å²) in [5.41, 5.74) is 2.23. The van der Waals surface area contributed by atoms with Crippen LogP contribution in [-0.2, 0) is 22.5 Å². The number of carbonyl (C=O) groups excluding carboxylic acids is 1. The maximum atomic E-state index is 13.7. The molecule has 0 aromatic heterocycles.